The topological polar surface area (TPSA) is 33.2 Å². The predicted octanol–water partition coefficient (Wildman–Crippen LogP) is 2.87. The molecule has 1 aliphatic carbocycles. The molecule has 1 aromatic heterocycles. The lowest BCUT2D eigenvalue weighted by Gasteiger charge is -2.33. The molecule has 5 heteroatoms. The minimum atomic E-state index is 0.0723. The quantitative estimate of drug-likeness (QED) is 0.780. The Balaban J connectivity index is 2.05. The Bertz CT molecular complexity index is 407. The highest BCUT2D eigenvalue weighted by molar-refractivity contribution is 7.09. The number of hydrogen-bond donors (Lipinski definition) is 0. The number of fused-ring (bicyclic) bond motifs is 1. The van der Waals surface area contributed by atoms with Crippen LogP contribution in [0.3, 0.4) is 0 Å². The number of thiazole rings is 1. The molecule has 1 aliphatic rings. The number of alkyl halides is 1. The van der Waals surface area contributed by atoms with Crippen LogP contribution < -0.4 is 0 Å². The van der Waals surface area contributed by atoms with E-state index in [9.17, 15) is 4.79 Å². The molecule has 1 aromatic rings. The van der Waals surface area contributed by atoms with Gasteiger partial charge in [-0.1, -0.05) is 13.3 Å². The molecule has 0 fully saturated rings. The average Bonchev–Trinajstić information content (AvgIpc) is 2.86. The zero-order chi connectivity index (χ0) is 13.0. The lowest BCUT2D eigenvalue weighted by molar-refractivity contribution is -0.131. The third-order valence-corrected chi connectivity index (χ3v) is 4.62. The summed E-state index contributed by atoms with van der Waals surface area (Å²) in [4.78, 5) is 19.6. The summed E-state index contributed by atoms with van der Waals surface area (Å²) in [5.41, 5.74) is 3.14. The normalized spacial score (nSPS) is 18.4. The molecular formula is C13H19ClN2OS. The summed E-state index contributed by atoms with van der Waals surface area (Å²) < 4.78 is 0. The first kappa shape index (κ1) is 13.8. The van der Waals surface area contributed by atoms with Crippen LogP contribution in [0.2, 0.25) is 0 Å². The lowest BCUT2D eigenvalue weighted by atomic mass is 9.96. The molecule has 0 N–H and O–H groups in total. The lowest BCUT2D eigenvalue weighted by Crippen LogP contribution is -2.44. The van der Waals surface area contributed by atoms with Crippen molar-refractivity contribution in [3.05, 3.63) is 16.1 Å². The fourth-order valence-electron chi connectivity index (χ4n) is 2.47. The van der Waals surface area contributed by atoms with Gasteiger partial charge in [-0.2, -0.15) is 0 Å². The first-order valence-electron chi connectivity index (χ1n) is 6.53. The van der Waals surface area contributed by atoms with Gasteiger partial charge in [-0.25, -0.2) is 4.98 Å². The van der Waals surface area contributed by atoms with Crippen LogP contribution in [-0.4, -0.2) is 34.3 Å². The highest BCUT2D eigenvalue weighted by atomic mass is 35.5. The predicted molar refractivity (Wildman–Crippen MR) is 75.3 cm³/mol. The van der Waals surface area contributed by atoms with Crippen molar-refractivity contribution < 1.29 is 4.79 Å². The van der Waals surface area contributed by atoms with Gasteiger partial charge >= 0.3 is 0 Å². The van der Waals surface area contributed by atoms with Crippen molar-refractivity contribution in [1.82, 2.24) is 9.88 Å². The second kappa shape index (κ2) is 6.53. The Morgan fingerprint density at radius 1 is 1.67 bits per heavy atom. The third-order valence-electron chi connectivity index (χ3n) is 3.49. The van der Waals surface area contributed by atoms with Crippen LogP contribution in [0.1, 0.15) is 36.8 Å². The molecule has 0 saturated carbocycles. The summed E-state index contributed by atoms with van der Waals surface area (Å²) in [7, 11) is 0. The average molecular weight is 287 g/mol. The molecule has 2 rings (SSSR count). The Morgan fingerprint density at radius 2 is 2.50 bits per heavy atom. The molecule has 1 unspecified atom stereocenters. The number of halogens is 1. The Labute approximate surface area is 117 Å². The van der Waals surface area contributed by atoms with Crippen LogP contribution in [0.4, 0.5) is 0 Å². The number of carbonyl (C=O) groups is 1. The van der Waals surface area contributed by atoms with Crippen molar-refractivity contribution in [3.8, 4) is 0 Å². The fraction of sp³-hybridized carbons (Fsp3) is 0.692. The van der Waals surface area contributed by atoms with Crippen molar-refractivity contribution >= 4 is 28.8 Å². The first-order chi connectivity index (χ1) is 8.76. The van der Waals surface area contributed by atoms with Gasteiger partial charge in [0.1, 0.15) is 5.88 Å². The van der Waals surface area contributed by atoms with Gasteiger partial charge < -0.3 is 4.90 Å². The van der Waals surface area contributed by atoms with Gasteiger partial charge in [0, 0.05) is 23.9 Å². The summed E-state index contributed by atoms with van der Waals surface area (Å²) in [5, 5.41) is 0. The Hall–Kier alpha value is -0.610. The standard InChI is InChI=1S/C13H19ClN2OS/c1-2-3-6-16(13(17)8-14)10-4-5-11-12(7-10)18-9-15-11/h9-10H,2-8H2,1H3. The molecule has 1 atom stereocenters. The van der Waals surface area contributed by atoms with Gasteiger partial charge in [-0.15, -0.1) is 22.9 Å². The van der Waals surface area contributed by atoms with Crippen molar-refractivity contribution in [2.45, 2.75) is 45.1 Å². The number of unbranched alkanes of at least 4 members (excludes halogenated alkanes) is 1. The van der Waals surface area contributed by atoms with E-state index in [2.05, 4.69) is 11.9 Å². The van der Waals surface area contributed by atoms with E-state index in [1.54, 1.807) is 11.3 Å². The molecular weight excluding hydrogens is 268 g/mol. The molecule has 0 spiro atoms. The summed E-state index contributed by atoms with van der Waals surface area (Å²) in [5.74, 6) is 0.165. The van der Waals surface area contributed by atoms with Crippen LogP contribution in [0.5, 0.6) is 0 Å². The van der Waals surface area contributed by atoms with Crippen LogP contribution in [0.15, 0.2) is 5.51 Å². The van der Waals surface area contributed by atoms with Gasteiger partial charge in [-0.05, 0) is 19.3 Å². The van der Waals surface area contributed by atoms with Crippen LogP contribution >= 0.6 is 22.9 Å². The molecule has 0 aromatic carbocycles. The summed E-state index contributed by atoms with van der Waals surface area (Å²) >= 11 is 7.43. The number of amides is 1. The maximum absolute atomic E-state index is 11.9. The minimum absolute atomic E-state index is 0.0723. The zero-order valence-corrected chi connectivity index (χ0v) is 12.3. The number of nitrogens with zero attached hydrogens (tertiary/aromatic N) is 2. The van der Waals surface area contributed by atoms with Crippen LogP contribution in [-0.2, 0) is 17.6 Å². The van der Waals surface area contributed by atoms with Crippen LogP contribution in [0, 0.1) is 0 Å². The van der Waals surface area contributed by atoms with E-state index in [-0.39, 0.29) is 11.8 Å². The number of hydrogen-bond acceptors (Lipinski definition) is 3. The molecule has 1 amide bonds. The number of carbonyl (C=O) groups excluding carboxylic acids is 1. The molecule has 3 nitrogen and oxygen atoms in total. The van der Waals surface area contributed by atoms with Crippen molar-refractivity contribution in [1.29, 1.82) is 0 Å². The van der Waals surface area contributed by atoms with Crippen molar-refractivity contribution in [2.75, 3.05) is 12.4 Å². The minimum Gasteiger partial charge on any atom is -0.338 e. The zero-order valence-electron chi connectivity index (χ0n) is 10.7. The SMILES string of the molecule is CCCCN(C(=O)CCl)C1CCc2ncsc2C1. The van der Waals surface area contributed by atoms with Gasteiger partial charge in [-0.3, -0.25) is 4.79 Å². The number of rotatable bonds is 5. The van der Waals surface area contributed by atoms with E-state index < -0.39 is 0 Å². The fourth-order valence-corrected chi connectivity index (χ4v) is 3.51. The third kappa shape index (κ3) is 3.04. The van der Waals surface area contributed by atoms with E-state index >= 15 is 0 Å². The van der Waals surface area contributed by atoms with Crippen LogP contribution in [0.25, 0.3) is 0 Å². The van der Waals surface area contributed by atoms with E-state index in [0.29, 0.717) is 6.04 Å². The highest BCUT2D eigenvalue weighted by Gasteiger charge is 2.28. The highest BCUT2D eigenvalue weighted by Crippen LogP contribution is 2.27. The summed E-state index contributed by atoms with van der Waals surface area (Å²) in [6.07, 6.45) is 5.11. The van der Waals surface area contributed by atoms with E-state index in [1.165, 1.54) is 10.6 Å². The monoisotopic (exact) mass is 286 g/mol. The van der Waals surface area contributed by atoms with Crippen molar-refractivity contribution in [2.24, 2.45) is 0 Å². The summed E-state index contributed by atoms with van der Waals surface area (Å²) in [6.45, 7) is 2.98. The molecule has 0 radical (unpaired) electrons. The first-order valence-corrected chi connectivity index (χ1v) is 7.94. The Morgan fingerprint density at radius 3 is 3.22 bits per heavy atom. The molecule has 18 heavy (non-hydrogen) atoms. The van der Waals surface area contributed by atoms with Gasteiger partial charge in [0.2, 0.25) is 5.91 Å². The summed E-state index contributed by atoms with van der Waals surface area (Å²) in [6, 6.07) is 0.316. The smallest absolute Gasteiger partial charge is 0.237 e. The second-order valence-corrected chi connectivity index (χ2v) is 5.90. The van der Waals surface area contributed by atoms with E-state index in [1.807, 2.05) is 10.4 Å². The molecule has 1 heterocycles. The van der Waals surface area contributed by atoms with E-state index in [4.69, 9.17) is 11.6 Å². The van der Waals surface area contributed by atoms with Crippen molar-refractivity contribution in [3.63, 3.8) is 0 Å². The molecule has 0 aliphatic heterocycles. The largest absolute Gasteiger partial charge is 0.338 e. The molecule has 0 bridgehead atoms. The maximum Gasteiger partial charge on any atom is 0.237 e. The van der Waals surface area contributed by atoms with E-state index in [0.717, 1.165) is 38.6 Å². The second-order valence-electron chi connectivity index (χ2n) is 4.69. The molecule has 100 valence electrons. The number of aryl methyl sites for hydroxylation is 1. The maximum atomic E-state index is 11.9. The number of aromatic nitrogens is 1. The van der Waals surface area contributed by atoms with Gasteiger partial charge in [0.25, 0.3) is 0 Å². The Kier molecular flexibility index (Phi) is 5.01. The van der Waals surface area contributed by atoms with Gasteiger partial charge in [0.15, 0.2) is 0 Å². The molecule has 0 saturated heterocycles. The van der Waals surface area contributed by atoms with Gasteiger partial charge in [0.05, 0.1) is 11.2 Å².